The van der Waals surface area contributed by atoms with Gasteiger partial charge in [-0.15, -0.1) is 0 Å². The summed E-state index contributed by atoms with van der Waals surface area (Å²) in [6.07, 6.45) is 1.91. The van der Waals surface area contributed by atoms with Gasteiger partial charge in [-0.25, -0.2) is 4.98 Å². The summed E-state index contributed by atoms with van der Waals surface area (Å²) < 4.78 is 7.24. The van der Waals surface area contributed by atoms with E-state index in [2.05, 4.69) is 24.0 Å². The second kappa shape index (κ2) is 4.13. The lowest BCUT2D eigenvalue weighted by atomic mass is 10.0. The van der Waals surface area contributed by atoms with Crippen molar-refractivity contribution in [3.8, 4) is 17.0 Å². The number of hydrogen-bond acceptors (Lipinski definition) is 3. The van der Waals surface area contributed by atoms with Crippen molar-refractivity contribution in [2.75, 3.05) is 12.8 Å². The third-order valence-electron chi connectivity index (χ3n) is 2.81. The van der Waals surface area contributed by atoms with Gasteiger partial charge in [-0.1, -0.05) is 6.07 Å². The number of methoxy groups -OCH3 is 1. The molecule has 1 aromatic heterocycles. The van der Waals surface area contributed by atoms with Gasteiger partial charge in [-0.2, -0.15) is 0 Å². The van der Waals surface area contributed by atoms with E-state index in [0.29, 0.717) is 5.95 Å². The van der Waals surface area contributed by atoms with Gasteiger partial charge in [0.2, 0.25) is 0 Å². The molecule has 0 amide bonds. The summed E-state index contributed by atoms with van der Waals surface area (Å²) in [4.78, 5) is 4.33. The van der Waals surface area contributed by atoms with Crippen molar-refractivity contribution in [2.24, 2.45) is 7.05 Å². The molecule has 0 saturated carbocycles. The van der Waals surface area contributed by atoms with E-state index in [9.17, 15) is 0 Å². The van der Waals surface area contributed by atoms with E-state index in [1.807, 2.05) is 20.2 Å². The lowest BCUT2D eigenvalue weighted by molar-refractivity contribution is 0.413. The lowest BCUT2D eigenvalue weighted by Crippen LogP contribution is -1.95. The Morgan fingerprint density at radius 2 is 2.00 bits per heavy atom. The minimum absolute atomic E-state index is 0.501. The van der Waals surface area contributed by atoms with Crippen molar-refractivity contribution >= 4 is 5.95 Å². The van der Waals surface area contributed by atoms with Crippen LogP contribution in [0.4, 0.5) is 5.95 Å². The normalized spacial score (nSPS) is 10.6. The van der Waals surface area contributed by atoms with Crippen molar-refractivity contribution in [1.29, 1.82) is 0 Å². The van der Waals surface area contributed by atoms with Gasteiger partial charge in [0.1, 0.15) is 5.75 Å². The first-order chi connectivity index (χ1) is 8.02. The maximum absolute atomic E-state index is 5.76. The Labute approximate surface area is 101 Å². The minimum atomic E-state index is 0.501. The third kappa shape index (κ3) is 1.98. The number of anilines is 1. The molecule has 0 saturated heterocycles. The van der Waals surface area contributed by atoms with Crippen LogP contribution in [0.5, 0.6) is 5.75 Å². The fraction of sp³-hybridized carbons (Fsp3) is 0.308. The number of nitrogens with zero attached hydrogens (tertiary/aromatic N) is 2. The molecule has 4 heteroatoms. The number of hydrogen-bond donors (Lipinski definition) is 1. The molecule has 17 heavy (non-hydrogen) atoms. The zero-order valence-corrected chi connectivity index (χ0v) is 10.6. The second-order valence-corrected chi connectivity index (χ2v) is 4.26. The fourth-order valence-corrected chi connectivity index (χ4v) is 2.03. The molecule has 2 aromatic rings. The Kier molecular flexibility index (Phi) is 2.79. The number of nitrogen functional groups attached to an aromatic ring is 1. The second-order valence-electron chi connectivity index (χ2n) is 4.26. The molecule has 0 aliphatic heterocycles. The molecule has 0 atom stereocenters. The predicted octanol–water partition coefficient (Wildman–Crippen LogP) is 2.29. The highest BCUT2D eigenvalue weighted by molar-refractivity contribution is 5.70. The van der Waals surface area contributed by atoms with E-state index in [4.69, 9.17) is 10.5 Å². The van der Waals surface area contributed by atoms with Crippen LogP contribution < -0.4 is 10.5 Å². The fourth-order valence-electron chi connectivity index (χ4n) is 2.03. The van der Waals surface area contributed by atoms with Crippen LogP contribution in [0.2, 0.25) is 0 Å². The van der Waals surface area contributed by atoms with Gasteiger partial charge in [-0.3, -0.25) is 0 Å². The first-order valence-electron chi connectivity index (χ1n) is 5.47. The molecule has 2 rings (SSSR count). The van der Waals surface area contributed by atoms with Gasteiger partial charge in [0.25, 0.3) is 0 Å². The summed E-state index contributed by atoms with van der Waals surface area (Å²) >= 11 is 0. The molecule has 0 radical (unpaired) electrons. The number of benzene rings is 1. The van der Waals surface area contributed by atoms with Gasteiger partial charge in [0.05, 0.1) is 12.8 Å². The molecule has 0 unspecified atom stereocenters. The number of ether oxygens (including phenoxy) is 1. The van der Waals surface area contributed by atoms with Crippen LogP contribution in [-0.2, 0) is 7.05 Å². The first kappa shape index (κ1) is 11.5. The molecule has 0 spiro atoms. The summed E-state index contributed by atoms with van der Waals surface area (Å²) in [6.45, 7) is 4.09. The SMILES string of the molecule is COc1c(C)cc(C)cc1-c1cn(C)c(N)n1. The van der Waals surface area contributed by atoms with Crippen molar-refractivity contribution < 1.29 is 4.74 Å². The Morgan fingerprint density at radius 3 is 2.53 bits per heavy atom. The molecule has 1 aromatic carbocycles. The van der Waals surface area contributed by atoms with E-state index in [1.165, 1.54) is 5.56 Å². The van der Waals surface area contributed by atoms with Crippen molar-refractivity contribution in [3.63, 3.8) is 0 Å². The molecule has 2 N–H and O–H groups in total. The molecule has 0 bridgehead atoms. The largest absolute Gasteiger partial charge is 0.496 e. The number of imidazole rings is 1. The smallest absolute Gasteiger partial charge is 0.200 e. The van der Waals surface area contributed by atoms with E-state index < -0.39 is 0 Å². The van der Waals surface area contributed by atoms with Gasteiger partial charge in [0.15, 0.2) is 5.95 Å². The van der Waals surface area contributed by atoms with E-state index in [0.717, 1.165) is 22.6 Å². The van der Waals surface area contributed by atoms with Crippen LogP contribution in [0.3, 0.4) is 0 Å². The Bertz CT molecular complexity index is 539. The highest BCUT2D eigenvalue weighted by Gasteiger charge is 2.13. The molecule has 1 heterocycles. The summed E-state index contributed by atoms with van der Waals surface area (Å²) in [5.41, 5.74) is 9.87. The third-order valence-corrected chi connectivity index (χ3v) is 2.81. The van der Waals surface area contributed by atoms with E-state index >= 15 is 0 Å². The van der Waals surface area contributed by atoms with Crippen LogP contribution in [0.25, 0.3) is 11.3 Å². The maximum atomic E-state index is 5.76. The number of nitrogens with two attached hydrogens (primary N) is 1. The van der Waals surface area contributed by atoms with Gasteiger partial charge >= 0.3 is 0 Å². The number of rotatable bonds is 2. The minimum Gasteiger partial charge on any atom is -0.496 e. The monoisotopic (exact) mass is 231 g/mol. The average molecular weight is 231 g/mol. The van der Waals surface area contributed by atoms with Gasteiger partial charge in [-0.05, 0) is 31.0 Å². The van der Waals surface area contributed by atoms with Crippen LogP contribution >= 0.6 is 0 Å². The Balaban J connectivity index is 2.65. The predicted molar refractivity (Wildman–Crippen MR) is 69.1 cm³/mol. The van der Waals surface area contributed by atoms with Crippen LogP contribution in [0.1, 0.15) is 11.1 Å². The Hall–Kier alpha value is -1.97. The standard InChI is InChI=1S/C13H17N3O/c1-8-5-9(2)12(17-4)10(6-8)11-7-16(3)13(14)15-11/h5-7H,1-4H3,(H2,14,15). The summed E-state index contributed by atoms with van der Waals surface area (Å²) in [5, 5.41) is 0. The molecule has 0 aliphatic carbocycles. The average Bonchev–Trinajstić information content (AvgIpc) is 2.58. The number of aromatic nitrogens is 2. The maximum Gasteiger partial charge on any atom is 0.200 e. The zero-order valence-electron chi connectivity index (χ0n) is 10.6. The summed E-state index contributed by atoms with van der Waals surface area (Å²) in [6, 6.07) is 4.15. The number of aryl methyl sites for hydroxylation is 3. The lowest BCUT2D eigenvalue weighted by Gasteiger charge is -2.10. The summed E-state index contributed by atoms with van der Waals surface area (Å²) in [7, 11) is 3.55. The van der Waals surface area contributed by atoms with Crippen molar-refractivity contribution in [2.45, 2.75) is 13.8 Å². The highest BCUT2D eigenvalue weighted by Crippen LogP contribution is 2.33. The molecular weight excluding hydrogens is 214 g/mol. The van der Waals surface area contributed by atoms with Crippen molar-refractivity contribution in [1.82, 2.24) is 9.55 Å². The van der Waals surface area contributed by atoms with E-state index in [1.54, 1.807) is 11.7 Å². The molecule has 0 fully saturated rings. The van der Waals surface area contributed by atoms with Crippen LogP contribution in [0, 0.1) is 13.8 Å². The molecule has 90 valence electrons. The first-order valence-corrected chi connectivity index (χ1v) is 5.47. The Morgan fingerprint density at radius 1 is 1.29 bits per heavy atom. The van der Waals surface area contributed by atoms with Gasteiger partial charge in [0, 0.05) is 18.8 Å². The summed E-state index contributed by atoms with van der Waals surface area (Å²) in [5.74, 6) is 1.36. The zero-order chi connectivity index (χ0) is 12.6. The van der Waals surface area contributed by atoms with Crippen molar-refractivity contribution in [3.05, 3.63) is 29.5 Å². The van der Waals surface area contributed by atoms with E-state index in [-0.39, 0.29) is 0 Å². The van der Waals surface area contributed by atoms with Gasteiger partial charge < -0.3 is 15.0 Å². The van der Waals surface area contributed by atoms with Crippen LogP contribution in [0.15, 0.2) is 18.3 Å². The molecule has 4 nitrogen and oxygen atoms in total. The topological polar surface area (TPSA) is 53.1 Å². The highest BCUT2D eigenvalue weighted by atomic mass is 16.5. The quantitative estimate of drug-likeness (QED) is 0.862. The van der Waals surface area contributed by atoms with Crippen LogP contribution in [-0.4, -0.2) is 16.7 Å². The molecular formula is C13H17N3O. The molecule has 0 aliphatic rings.